The number of rotatable bonds is 7. The smallest absolute Gasteiger partial charge is 0.322 e. The molecule has 0 saturated carbocycles. The van der Waals surface area contributed by atoms with Crippen LogP contribution in [0.4, 0.5) is 0 Å². The van der Waals surface area contributed by atoms with Gasteiger partial charge in [-0.25, -0.2) is 0 Å². The Bertz CT molecular complexity index is 183. The maximum atomic E-state index is 3.85. The van der Waals surface area contributed by atoms with Gasteiger partial charge in [-0.3, -0.25) is 4.57 Å². The summed E-state index contributed by atoms with van der Waals surface area (Å²) in [5.74, 6) is 0. The highest BCUT2D eigenvalue weighted by atomic mass is 28.4. The summed E-state index contributed by atoms with van der Waals surface area (Å²) in [6.45, 7) is 13.4. The predicted molar refractivity (Wildman–Crippen MR) is 73.3 cm³/mol. The van der Waals surface area contributed by atoms with Crippen LogP contribution < -0.4 is 14.6 Å². The zero-order valence-corrected chi connectivity index (χ0v) is 13.4. The first-order valence-corrected chi connectivity index (χ1v) is 11.2. The number of nitrogens with zero attached hydrogens (tertiary/aromatic N) is 1. The summed E-state index contributed by atoms with van der Waals surface area (Å²) in [5.41, 5.74) is 0. The van der Waals surface area contributed by atoms with Crippen molar-refractivity contribution in [2.75, 3.05) is 27.2 Å². The summed E-state index contributed by atoms with van der Waals surface area (Å²) in [5, 5.41) is 0. The molecule has 0 aliphatic carbocycles. The van der Waals surface area contributed by atoms with Crippen molar-refractivity contribution in [3.05, 3.63) is 0 Å². The molecule has 0 aromatic rings. The van der Waals surface area contributed by atoms with Gasteiger partial charge in [0.15, 0.2) is 0 Å². The lowest BCUT2D eigenvalue weighted by atomic mass is 10.8. The van der Waals surface area contributed by atoms with E-state index in [4.69, 9.17) is 0 Å². The molecule has 0 aliphatic rings. The summed E-state index contributed by atoms with van der Waals surface area (Å²) in [6, 6.07) is 0. The minimum atomic E-state index is -1.86. The number of hydrogen-bond donors (Lipinski definition) is 3. The van der Waals surface area contributed by atoms with E-state index >= 15 is 0 Å². The third-order valence-electron chi connectivity index (χ3n) is 2.40. The Morgan fingerprint density at radius 2 is 1.67 bits per heavy atom. The van der Waals surface area contributed by atoms with E-state index in [9.17, 15) is 0 Å². The van der Waals surface area contributed by atoms with Gasteiger partial charge in [-0.1, -0.05) is 33.5 Å². The minimum absolute atomic E-state index is 0.995. The van der Waals surface area contributed by atoms with Crippen LogP contribution in [0.15, 0.2) is 0 Å². The third-order valence-corrected chi connectivity index (χ3v) is 9.89. The topological polar surface area (TPSA) is 39.3 Å². The number of hydrogen-bond acceptors (Lipinski definition) is 4. The van der Waals surface area contributed by atoms with Crippen molar-refractivity contribution in [2.24, 2.45) is 0 Å². The molecule has 0 aromatic heterocycles. The number of nitrogens with one attached hydrogen (secondary N) is 3. The SMILES string of the molecule is CCN[Si](NC)(N[Si](C)(C)C)N(C)CC. The average Bonchev–Trinajstić information content (AvgIpc) is 2.13. The van der Waals surface area contributed by atoms with E-state index in [2.05, 4.69) is 59.7 Å². The Hall–Kier alpha value is 0.274. The molecule has 0 radical (unpaired) electrons. The van der Waals surface area contributed by atoms with Gasteiger partial charge < -0.3 is 14.6 Å². The normalized spacial score (nSPS) is 16.8. The van der Waals surface area contributed by atoms with Gasteiger partial charge in [-0.05, 0) is 27.2 Å². The highest BCUT2D eigenvalue weighted by Crippen LogP contribution is 2.03. The van der Waals surface area contributed by atoms with E-state index in [-0.39, 0.29) is 0 Å². The molecule has 0 aromatic carbocycles. The molecule has 1 unspecified atom stereocenters. The van der Waals surface area contributed by atoms with E-state index in [1.165, 1.54) is 0 Å². The first-order valence-electron chi connectivity index (χ1n) is 5.75. The van der Waals surface area contributed by atoms with Gasteiger partial charge in [0.25, 0.3) is 0 Å². The molecule has 92 valence electrons. The van der Waals surface area contributed by atoms with E-state index in [0.29, 0.717) is 0 Å². The fraction of sp³-hybridized carbons (Fsp3) is 1.00. The first kappa shape index (κ1) is 15.3. The summed E-state index contributed by atoms with van der Waals surface area (Å²) < 4.78 is 6.25. The van der Waals surface area contributed by atoms with Crippen LogP contribution >= 0.6 is 0 Å². The van der Waals surface area contributed by atoms with Crippen molar-refractivity contribution in [1.82, 2.24) is 19.2 Å². The Kier molecular flexibility index (Phi) is 6.23. The van der Waals surface area contributed by atoms with Crippen molar-refractivity contribution in [1.29, 1.82) is 0 Å². The molecule has 4 nitrogen and oxygen atoms in total. The molecule has 3 N–H and O–H groups in total. The van der Waals surface area contributed by atoms with Crippen molar-refractivity contribution < 1.29 is 0 Å². The molecule has 1 atom stereocenters. The van der Waals surface area contributed by atoms with Gasteiger partial charge >= 0.3 is 8.72 Å². The van der Waals surface area contributed by atoms with Gasteiger partial charge in [0, 0.05) is 0 Å². The van der Waals surface area contributed by atoms with Crippen LogP contribution in [0.3, 0.4) is 0 Å². The molecule has 0 amide bonds. The van der Waals surface area contributed by atoms with E-state index in [0.717, 1.165) is 13.1 Å². The second-order valence-electron chi connectivity index (χ2n) is 4.88. The van der Waals surface area contributed by atoms with Crippen LogP contribution in [0.25, 0.3) is 0 Å². The molecule has 0 heterocycles. The molecule has 0 rings (SSSR count). The monoisotopic (exact) mass is 248 g/mol. The van der Waals surface area contributed by atoms with Crippen molar-refractivity contribution in [2.45, 2.75) is 33.5 Å². The second-order valence-corrected chi connectivity index (χ2v) is 13.4. The summed E-state index contributed by atoms with van der Waals surface area (Å²) in [4.78, 5) is 7.13. The summed E-state index contributed by atoms with van der Waals surface area (Å²) >= 11 is 0. The maximum Gasteiger partial charge on any atom is 0.361 e. The zero-order chi connectivity index (χ0) is 12.1. The van der Waals surface area contributed by atoms with Crippen molar-refractivity contribution >= 4 is 17.0 Å². The fourth-order valence-corrected chi connectivity index (χ4v) is 9.43. The quantitative estimate of drug-likeness (QED) is 0.578. The Morgan fingerprint density at radius 3 is 1.93 bits per heavy atom. The minimum Gasteiger partial charge on any atom is -0.322 e. The van der Waals surface area contributed by atoms with Crippen molar-refractivity contribution in [3.8, 4) is 0 Å². The summed E-state index contributed by atoms with van der Waals surface area (Å²) in [6.07, 6.45) is 0. The van der Waals surface area contributed by atoms with Gasteiger partial charge in [0.2, 0.25) is 0 Å². The Balaban J connectivity index is 4.80. The van der Waals surface area contributed by atoms with Crippen LogP contribution in [0.1, 0.15) is 13.8 Å². The van der Waals surface area contributed by atoms with Crippen LogP contribution in [0, 0.1) is 0 Å². The van der Waals surface area contributed by atoms with Crippen LogP contribution in [-0.4, -0.2) is 48.7 Å². The highest BCUT2D eigenvalue weighted by molar-refractivity contribution is 6.88. The lowest BCUT2D eigenvalue weighted by Gasteiger charge is -2.42. The average molecular weight is 249 g/mol. The molecule has 0 bridgehead atoms. The molecule has 0 fully saturated rings. The Morgan fingerprint density at radius 1 is 1.13 bits per heavy atom. The molecular weight excluding hydrogens is 220 g/mol. The molecule has 6 heteroatoms. The van der Waals surface area contributed by atoms with Gasteiger partial charge in [0.05, 0.1) is 0 Å². The van der Waals surface area contributed by atoms with Crippen LogP contribution in [0.5, 0.6) is 0 Å². The third kappa shape index (κ3) is 4.75. The molecular formula is C9H28N4Si2. The van der Waals surface area contributed by atoms with E-state index in [1.54, 1.807) is 0 Å². The maximum absolute atomic E-state index is 3.85. The Labute approximate surface area is 97.2 Å². The first-order chi connectivity index (χ1) is 6.81. The second kappa shape index (κ2) is 6.12. The van der Waals surface area contributed by atoms with E-state index < -0.39 is 17.0 Å². The van der Waals surface area contributed by atoms with Crippen LogP contribution in [-0.2, 0) is 0 Å². The summed E-state index contributed by atoms with van der Waals surface area (Å²) in [7, 11) is 1.08. The lowest BCUT2D eigenvalue weighted by molar-refractivity contribution is 0.487. The van der Waals surface area contributed by atoms with Gasteiger partial charge in [0.1, 0.15) is 8.24 Å². The standard InChI is InChI=1S/C9H28N4Si2/c1-8-11-15(10-3,13(4)9-2)12-14(5,6)7/h10-12H,8-9H2,1-7H3. The van der Waals surface area contributed by atoms with E-state index in [1.807, 2.05) is 7.05 Å². The lowest BCUT2D eigenvalue weighted by Crippen LogP contribution is -2.83. The molecule has 15 heavy (non-hydrogen) atoms. The van der Waals surface area contributed by atoms with Crippen LogP contribution in [0.2, 0.25) is 19.6 Å². The largest absolute Gasteiger partial charge is 0.361 e. The molecule has 0 spiro atoms. The van der Waals surface area contributed by atoms with Gasteiger partial charge in [-0.2, -0.15) is 0 Å². The molecule has 0 saturated heterocycles. The predicted octanol–water partition coefficient (Wildman–Crippen LogP) is 0.627. The van der Waals surface area contributed by atoms with Crippen molar-refractivity contribution in [3.63, 3.8) is 0 Å². The fourth-order valence-electron chi connectivity index (χ4n) is 1.65. The zero-order valence-electron chi connectivity index (χ0n) is 11.4. The highest BCUT2D eigenvalue weighted by Gasteiger charge is 2.40. The molecule has 0 aliphatic heterocycles. The van der Waals surface area contributed by atoms with Gasteiger partial charge in [-0.15, -0.1) is 0 Å².